The van der Waals surface area contributed by atoms with Crippen molar-refractivity contribution in [2.45, 2.75) is 57.4 Å². The summed E-state index contributed by atoms with van der Waals surface area (Å²) in [4.78, 5) is 19.4. The van der Waals surface area contributed by atoms with Crippen molar-refractivity contribution in [3.05, 3.63) is 65.9 Å². The molecule has 4 rings (SSSR count). The van der Waals surface area contributed by atoms with Crippen LogP contribution in [0.3, 0.4) is 0 Å². The van der Waals surface area contributed by atoms with Crippen LogP contribution in [0.25, 0.3) is 0 Å². The SMILES string of the molecule is Cn1ccnc1C1CCCCN1C(=O)CCc1nnc(CCCc2ccccc2)o1. The minimum atomic E-state index is 0.0579. The molecule has 1 aromatic carbocycles. The number of likely N-dealkylation sites (tertiary alicyclic amines) is 1. The van der Waals surface area contributed by atoms with Crippen LogP contribution in [0.15, 0.2) is 47.1 Å². The van der Waals surface area contributed by atoms with Gasteiger partial charge in [-0.1, -0.05) is 30.3 Å². The fourth-order valence-electron chi connectivity index (χ4n) is 4.13. The average molecular weight is 408 g/mol. The largest absolute Gasteiger partial charge is 0.425 e. The van der Waals surface area contributed by atoms with E-state index in [2.05, 4.69) is 39.4 Å². The van der Waals surface area contributed by atoms with E-state index in [0.717, 1.165) is 50.9 Å². The first-order valence-electron chi connectivity index (χ1n) is 10.8. The molecule has 1 aliphatic heterocycles. The van der Waals surface area contributed by atoms with E-state index in [1.807, 2.05) is 28.8 Å². The molecule has 7 nitrogen and oxygen atoms in total. The number of benzene rings is 1. The number of aryl methyl sites for hydroxylation is 4. The summed E-state index contributed by atoms with van der Waals surface area (Å²) in [5, 5.41) is 8.29. The second kappa shape index (κ2) is 9.69. The van der Waals surface area contributed by atoms with E-state index in [-0.39, 0.29) is 11.9 Å². The molecule has 1 unspecified atom stereocenters. The first kappa shape index (κ1) is 20.3. The van der Waals surface area contributed by atoms with Crippen molar-refractivity contribution in [2.75, 3.05) is 6.54 Å². The maximum Gasteiger partial charge on any atom is 0.223 e. The summed E-state index contributed by atoms with van der Waals surface area (Å²) in [5.41, 5.74) is 1.31. The average Bonchev–Trinajstić information content (AvgIpc) is 3.41. The van der Waals surface area contributed by atoms with Crippen LogP contribution >= 0.6 is 0 Å². The molecule has 1 saturated heterocycles. The third-order valence-corrected chi connectivity index (χ3v) is 5.74. The molecule has 0 radical (unpaired) electrons. The first-order chi connectivity index (χ1) is 14.7. The molecule has 1 aliphatic rings. The smallest absolute Gasteiger partial charge is 0.223 e. The summed E-state index contributed by atoms with van der Waals surface area (Å²) in [6.07, 6.45) is 10.4. The number of amides is 1. The molecule has 0 saturated carbocycles. The molecule has 0 N–H and O–H groups in total. The van der Waals surface area contributed by atoms with Crippen LogP contribution in [0.1, 0.15) is 61.3 Å². The van der Waals surface area contributed by atoms with Crippen LogP contribution < -0.4 is 0 Å². The highest BCUT2D eigenvalue weighted by Crippen LogP contribution is 2.30. The Hall–Kier alpha value is -2.96. The van der Waals surface area contributed by atoms with Crippen molar-refractivity contribution in [1.82, 2.24) is 24.6 Å². The lowest BCUT2D eigenvalue weighted by molar-refractivity contribution is -0.135. The van der Waals surface area contributed by atoms with E-state index < -0.39 is 0 Å². The Kier molecular flexibility index (Phi) is 6.57. The minimum Gasteiger partial charge on any atom is -0.425 e. The van der Waals surface area contributed by atoms with Crippen LogP contribution in [-0.4, -0.2) is 37.1 Å². The zero-order valence-corrected chi connectivity index (χ0v) is 17.5. The lowest BCUT2D eigenvalue weighted by atomic mass is 10.0. The van der Waals surface area contributed by atoms with E-state index >= 15 is 0 Å². The minimum absolute atomic E-state index is 0.0579. The zero-order valence-electron chi connectivity index (χ0n) is 17.5. The van der Waals surface area contributed by atoms with E-state index in [4.69, 9.17) is 4.42 Å². The molecule has 1 atom stereocenters. The second-order valence-corrected chi connectivity index (χ2v) is 7.92. The molecule has 0 aliphatic carbocycles. The van der Waals surface area contributed by atoms with Gasteiger partial charge in [0.25, 0.3) is 0 Å². The van der Waals surface area contributed by atoms with Crippen LogP contribution in [0.5, 0.6) is 0 Å². The summed E-state index contributed by atoms with van der Waals surface area (Å²) >= 11 is 0. The van der Waals surface area contributed by atoms with E-state index in [0.29, 0.717) is 24.6 Å². The van der Waals surface area contributed by atoms with Gasteiger partial charge in [-0.3, -0.25) is 4.79 Å². The first-order valence-corrected chi connectivity index (χ1v) is 10.8. The highest BCUT2D eigenvalue weighted by Gasteiger charge is 2.30. The standard InChI is InChI=1S/C23H29N5O2/c1-27-17-15-24-23(27)19-11-5-6-16-28(19)22(29)14-13-21-26-25-20(30-21)12-7-10-18-8-3-2-4-9-18/h2-4,8-9,15,17,19H,5-7,10-14,16H2,1H3. The monoisotopic (exact) mass is 407 g/mol. The molecule has 1 amide bonds. The van der Waals surface area contributed by atoms with Crippen LogP contribution in [0.2, 0.25) is 0 Å². The number of hydrogen-bond acceptors (Lipinski definition) is 5. The van der Waals surface area contributed by atoms with Gasteiger partial charge in [0.05, 0.1) is 6.04 Å². The van der Waals surface area contributed by atoms with Gasteiger partial charge >= 0.3 is 0 Å². The number of hydrogen-bond donors (Lipinski definition) is 0. The molecule has 0 bridgehead atoms. The van der Waals surface area contributed by atoms with Gasteiger partial charge in [-0.05, 0) is 37.7 Å². The third-order valence-electron chi connectivity index (χ3n) is 5.74. The van der Waals surface area contributed by atoms with Gasteiger partial charge in [-0.2, -0.15) is 0 Å². The lowest BCUT2D eigenvalue weighted by Gasteiger charge is -2.35. The fourth-order valence-corrected chi connectivity index (χ4v) is 4.13. The highest BCUT2D eigenvalue weighted by molar-refractivity contribution is 5.76. The zero-order chi connectivity index (χ0) is 20.8. The Bertz CT molecular complexity index is 949. The molecule has 30 heavy (non-hydrogen) atoms. The highest BCUT2D eigenvalue weighted by atomic mass is 16.4. The van der Waals surface area contributed by atoms with Gasteiger partial charge in [0.15, 0.2) is 0 Å². The maximum atomic E-state index is 12.9. The molecule has 1 fully saturated rings. The molecule has 7 heteroatoms. The number of imidazole rings is 1. The topological polar surface area (TPSA) is 77.1 Å². The number of piperidine rings is 1. The molecular formula is C23H29N5O2. The van der Waals surface area contributed by atoms with Gasteiger partial charge < -0.3 is 13.9 Å². The maximum absolute atomic E-state index is 12.9. The van der Waals surface area contributed by atoms with Gasteiger partial charge in [0.2, 0.25) is 17.7 Å². The lowest BCUT2D eigenvalue weighted by Crippen LogP contribution is -2.39. The Labute approximate surface area is 177 Å². The van der Waals surface area contributed by atoms with Crippen molar-refractivity contribution < 1.29 is 9.21 Å². The summed E-state index contributed by atoms with van der Waals surface area (Å²) in [6.45, 7) is 0.783. The molecular weight excluding hydrogens is 378 g/mol. The number of carbonyl (C=O) groups excluding carboxylic acids is 1. The predicted octanol–water partition coefficient (Wildman–Crippen LogP) is 3.66. The van der Waals surface area contributed by atoms with E-state index in [9.17, 15) is 4.79 Å². The summed E-state index contributed by atoms with van der Waals surface area (Å²) in [6, 6.07) is 10.4. The number of rotatable bonds is 8. The summed E-state index contributed by atoms with van der Waals surface area (Å²) in [5.74, 6) is 2.29. The number of nitrogens with zero attached hydrogens (tertiary/aromatic N) is 5. The Morgan fingerprint density at radius 2 is 1.90 bits per heavy atom. The van der Waals surface area contributed by atoms with Crippen molar-refractivity contribution in [3.63, 3.8) is 0 Å². The van der Waals surface area contributed by atoms with Gasteiger partial charge in [-0.15, -0.1) is 10.2 Å². The fraction of sp³-hybridized carbons (Fsp3) is 0.478. The number of aromatic nitrogens is 4. The van der Waals surface area contributed by atoms with Crippen molar-refractivity contribution in [2.24, 2.45) is 7.05 Å². The van der Waals surface area contributed by atoms with E-state index in [1.54, 1.807) is 6.20 Å². The van der Waals surface area contributed by atoms with Crippen LogP contribution in [0.4, 0.5) is 0 Å². The Morgan fingerprint density at radius 1 is 1.10 bits per heavy atom. The molecule has 2 aromatic heterocycles. The Morgan fingerprint density at radius 3 is 2.67 bits per heavy atom. The Balaban J connectivity index is 1.28. The molecule has 0 spiro atoms. The van der Waals surface area contributed by atoms with Crippen LogP contribution in [0, 0.1) is 0 Å². The van der Waals surface area contributed by atoms with Gasteiger partial charge in [-0.25, -0.2) is 4.98 Å². The summed E-state index contributed by atoms with van der Waals surface area (Å²) < 4.78 is 7.78. The van der Waals surface area contributed by atoms with Crippen molar-refractivity contribution >= 4 is 5.91 Å². The van der Waals surface area contributed by atoms with Crippen LogP contribution in [-0.2, 0) is 31.1 Å². The van der Waals surface area contributed by atoms with Gasteiger partial charge in [0, 0.05) is 45.2 Å². The molecule has 3 heterocycles. The third kappa shape index (κ3) is 4.96. The van der Waals surface area contributed by atoms with Gasteiger partial charge in [0.1, 0.15) is 5.82 Å². The van der Waals surface area contributed by atoms with Crippen molar-refractivity contribution in [3.8, 4) is 0 Å². The normalized spacial score (nSPS) is 16.7. The van der Waals surface area contributed by atoms with E-state index in [1.165, 1.54) is 5.56 Å². The number of carbonyl (C=O) groups is 1. The predicted molar refractivity (Wildman–Crippen MR) is 113 cm³/mol. The van der Waals surface area contributed by atoms with Crippen molar-refractivity contribution in [1.29, 1.82) is 0 Å². The summed E-state index contributed by atoms with van der Waals surface area (Å²) in [7, 11) is 1.98. The quantitative estimate of drug-likeness (QED) is 0.569. The molecule has 3 aromatic rings. The molecule has 158 valence electrons. The second-order valence-electron chi connectivity index (χ2n) is 7.92.